The van der Waals surface area contributed by atoms with Gasteiger partial charge in [-0.2, -0.15) is 0 Å². The first-order valence-corrected chi connectivity index (χ1v) is 7.08. The molecule has 1 unspecified atom stereocenters. The minimum absolute atomic E-state index is 0.350. The molecule has 0 aliphatic rings. The van der Waals surface area contributed by atoms with Gasteiger partial charge in [-0.3, -0.25) is 0 Å². The Hall–Kier alpha value is -0.280. The van der Waals surface area contributed by atoms with Crippen molar-refractivity contribution < 1.29 is 4.39 Å². The predicted octanol–water partition coefficient (Wildman–Crippen LogP) is 6.27. The molecule has 2 rings (SSSR count). The van der Waals surface area contributed by atoms with Gasteiger partial charge in [0.25, 0.3) is 0 Å². The number of alkyl halides is 1. The molecule has 0 nitrogen and oxygen atoms in total. The molecule has 18 heavy (non-hydrogen) atoms. The standard InChI is InChI=1S/C13H7BrCl3F/c14-13(8-5-4-7(15)6-10(8)17)12-9(16)2-1-3-11(12)18/h1-6,13H. The van der Waals surface area contributed by atoms with Crippen molar-refractivity contribution in [3.63, 3.8) is 0 Å². The summed E-state index contributed by atoms with van der Waals surface area (Å²) in [5.41, 5.74) is 1.08. The molecule has 94 valence electrons. The van der Waals surface area contributed by atoms with Crippen LogP contribution in [0.25, 0.3) is 0 Å². The third-order valence-corrected chi connectivity index (χ3v) is 4.33. The summed E-state index contributed by atoms with van der Waals surface area (Å²) in [5, 5.41) is 1.34. The number of hydrogen-bond acceptors (Lipinski definition) is 0. The van der Waals surface area contributed by atoms with E-state index in [9.17, 15) is 4.39 Å². The minimum atomic E-state index is -0.420. The van der Waals surface area contributed by atoms with Crippen LogP contribution < -0.4 is 0 Å². The van der Waals surface area contributed by atoms with Gasteiger partial charge in [-0.25, -0.2) is 4.39 Å². The van der Waals surface area contributed by atoms with Crippen LogP contribution in [0.2, 0.25) is 15.1 Å². The molecule has 2 aromatic carbocycles. The van der Waals surface area contributed by atoms with E-state index in [1.165, 1.54) is 6.07 Å². The monoisotopic (exact) mass is 366 g/mol. The van der Waals surface area contributed by atoms with Crippen LogP contribution in [-0.2, 0) is 0 Å². The molecule has 2 aromatic rings. The molecule has 0 radical (unpaired) electrons. The fourth-order valence-electron chi connectivity index (χ4n) is 1.62. The van der Waals surface area contributed by atoms with Gasteiger partial charge in [-0.05, 0) is 29.8 Å². The maximum absolute atomic E-state index is 13.8. The normalized spacial score (nSPS) is 12.5. The fourth-order valence-corrected chi connectivity index (χ4v) is 3.53. The number of benzene rings is 2. The van der Waals surface area contributed by atoms with Gasteiger partial charge in [0, 0.05) is 20.6 Å². The smallest absolute Gasteiger partial charge is 0.129 e. The largest absolute Gasteiger partial charge is 0.207 e. The van der Waals surface area contributed by atoms with Crippen molar-refractivity contribution >= 4 is 50.7 Å². The lowest BCUT2D eigenvalue weighted by Gasteiger charge is -2.15. The SMILES string of the molecule is Fc1cccc(Cl)c1C(Br)c1ccc(Cl)cc1Cl. The summed E-state index contributed by atoms with van der Waals surface area (Å²) in [5.74, 6) is -0.379. The highest BCUT2D eigenvalue weighted by atomic mass is 79.9. The Morgan fingerprint density at radius 2 is 1.72 bits per heavy atom. The van der Waals surface area contributed by atoms with Crippen LogP contribution in [0.1, 0.15) is 16.0 Å². The lowest BCUT2D eigenvalue weighted by atomic mass is 10.0. The Kier molecular flexibility index (Phi) is 4.54. The van der Waals surface area contributed by atoms with E-state index in [-0.39, 0.29) is 5.82 Å². The van der Waals surface area contributed by atoms with Gasteiger partial charge >= 0.3 is 0 Å². The molecule has 0 aromatic heterocycles. The van der Waals surface area contributed by atoms with Crippen molar-refractivity contribution in [2.24, 2.45) is 0 Å². The summed E-state index contributed by atoms with van der Waals surface area (Å²) in [6.45, 7) is 0. The lowest BCUT2D eigenvalue weighted by molar-refractivity contribution is 0.613. The average molecular weight is 368 g/mol. The second kappa shape index (κ2) is 5.79. The Morgan fingerprint density at radius 3 is 2.33 bits per heavy atom. The first-order valence-electron chi connectivity index (χ1n) is 5.03. The highest BCUT2D eigenvalue weighted by molar-refractivity contribution is 9.09. The summed E-state index contributed by atoms with van der Waals surface area (Å²) < 4.78 is 13.8. The number of hydrogen-bond donors (Lipinski definition) is 0. The fraction of sp³-hybridized carbons (Fsp3) is 0.0769. The minimum Gasteiger partial charge on any atom is -0.207 e. The Morgan fingerprint density at radius 1 is 1.00 bits per heavy atom. The maximum atomic E-state index is 13.8. The van der Waals surface area contributed by atoms with E-state index in [2.05, 4.69) is 15.9 Å². The Balaban J connectivity index is 2.51. The third kappa shape index (κ3) is 2.83. The van der Waals surface area contributed by atoms with E-state index in [1.807, 2.05) is 0 Å². The van der Waals surface area contributed by atoms with Crippen LogP contribution in [0.15, 0.2) is 36.4 Å². The second-order valence-electron chi connectivity index (χ2n) is 3.66. The van der Waals surface area contributed by atoms with Crippen molar-refractivity contribution in [3.05, 3.63) is 68.4 Å². The molecule has 0 aliphatic carbocycles. The molecular formula is C13H7BrCl3F. The van der Waals surface area contributed by atoms with Gasteiger partial charge in [-0.1, -0.05) is 62.9 Å². The van der Waals surface area contributed by atoms with Gasteiger partial charge in [0.2, 0.25) is 0 Å². The highest BCUT2D eigenvalue weighted by Gasteiger charge is 2.20. The predicted molar refractivity (Wildman–Crippen MR) is 78.6 cm³/mol. The molecule has 0 heterocycles. The molecule has 0 saturated carbocycles. The molecule has 0 N–H and O–H groups in total. The van der Waals surface area contributed by atoms with Crippen LogP contribution >= 0.6 is 50.7 Å². The topological polar surface area (TPSA) is 0 Å². The summed E-state index contributed by atoms with van der Waals surface area (Å²) in [6, 6.07) is 9.61. The molecule has 0 amide bonds. The zero-order chi connectivity index (χ0) is 13.3. The molecular weight excluding hydrogens is 361 g/mol. The van der Waals surface area contributed by atoms with Crippen LogP contribution in [0.3, 0.4) is 0 Å². The van der Waals surface area contributed by atoms with Crippen molar-refractivity contribution in [1.82, 2.24) is 0 Å². The number of halogens is 5. The second-order valence-corrected chi connectivity index (χ2v) is 5.83. The molecule has 0 aliphatic heterocycles. The van der Waals surface area contributed by atoms with Crippen molar-refractivity contribution in [2.45, 2.75) is 4.83 Å². The summed E-state index contributed by atoms with van der Waals surface area (Å²) >= 11 is 21.4. The van der Waals surface area contributed by atoms with E-state index in [0.29, 0.717) is 26.2 Å². The Bertz CT molecular complexity index is 566. The van der Waals surface area contributed by atoms with Gasteiger partial charge in [0.05, 0.1) is 4.83 Å². The van der Waals surface area contributed by atoms with E-state index < -0.39 is 4.83 Å². The molecule has 0 spiro atoms. The maximum Gasteiger partial charge on any atom is 0.129 e. The number of rotatable bonds is 2. The first-order chi connectivity index (χ1) is 8.50. The first kappa shape index (κ1) is 14.1. The van der Waals surface area contributed by atoms with Crippen LogP contribution in [0.4, 0.5) is 4.39 Å². The zero-order valence-corrected chi connectivity index (χ0v) is 12.8. The highest BCUT2D eigenvalue weighted by Crippen LogP contribution is 2.40. The summed E-state index contributed by atoms with van der Waals surface area (Å²) in [6.07, 6.45) is 0. The zero-order valence-electron chi connectivity index (χ0n) is 8.93. The van der Waals surface area contributed by atoms with E-state index in [4.69, 9.17) is 34.8 Å². The third-order valence-electron chi connectivity index (χ3n) is 2.49. The molecule has 1 atom stereocenters. The van der Waals surface area contributed by atoms with Crippen molar-refractivity contribution in [2.75, 3.05) is 0 Å². The van der Waals surface area contributed by atoms with E-state index in [1.54, 1.807) is 30.3 Å². The quantitative estimate of drug-likeness (QED) is 0.548. The van der Waals surface area contributed by atoms with Crippen LogP contribution in [0, 0.1) is 5.82 Å². The molecule has 0 bridgehead atoms. The molecule has 0 fully saturated rings. The Labute approximate surface area is 128 Å². The van der Waals surface area contributed by atoms with E-state index >= 15 is 0 Å². The van der Waals surface area contributed by atoms with Gasteiger partial charge in [0.15, 0.2) is 0 Å². The van der Waals surface area contributed by atoms with Gasteiger partial charge in [0.1, 0.15) is 5.82 Å². The van der Waals surface area contributed by atoms with E-state index in [0.717, 1.165) is 0 Å². The van der Waals surface area contributed by atoms with Crippen molar-refractivity contribution in [1.29, 1.82) is 0 Å². The van der Waals surface area contributed by atoms with Crippen LogP contribution in [0.5, 0.6) is 0 Å². The molecule has 5 heteroatoms. The van der Waals surface area contributed by atoms with Crippen molar-refractivity contribution in [3.8, 4) is 0 Å². The molecule has 0 saturated heterocycles. The van der Waals surface area contributed by atoms with Crippen LogP contribution in [-0.4, -0.2) is 0 Å². The summed E-state index contributed by atoms with van der Waals surface area (Å²) in [4.78, 5) is -0.420. The summed E-state index contributed by atoms with van der Waals surface area (Å²) in [7, 11) is 0. The van der Waals surface area contributed by atoms with Gasteiger partial charge < -0.3 is 0 Å². The average Bonchev–Trinajstić information content (AvgIpc) is 2.28. The van der Waals surface area contributed by atoms with Gasteiger partial charge in [-0.15, -0.1) is 0 Å². The lowest BCUT2D eigenvalue weighted by Crippen LogP contribution is -1.98.